The fourth-order valence-corrected chi connectivity index (χ4v) is 1.42. The van der Waals surface area contributed by atoms with Crippen molar-refractivity contribution in [2.45, 2.75) is 6.42 Å². The molecule has 62 valence electrons. The lowest BCUT2D eigenvalue weighted by molar-refractivity contribution is 0.970. The van der Waals surface area contributed by atoms with Crippen LogP contribution in [-0.2, 0) is 6.42 Å². The fraction of sp³-hybridized carbons (Fsp3) is 0.200. The zero-order valence-electron chi connectivity index (χ0n) is 6.88. The number of benzene rings is 1. The second-order valence-electron chi connectivity index (χ2n) is 2.94. The van der Waals surface area contributed by atoms with Crippen LogP contribution in [-0.4, -0.2) is 11.5 Å². The number of hydrogen-bond acceptors (Lipinski definition) is 1. The minimum atomic E-state index is 0.714. The molecular formula is C10H12N2. The van der Waals surface area contributed by atoms with Crippen LogP contribution in [0.25, 0.3) is 10.9 Å². The number of nitrogens with two attached hydrogens (primary N) is 1. The molecule has 0 aliphatic rings. The first-order chi connectivity index (χ1) is 5.90. The number of aromatic nitrogens is 1. The van der Waals surface area contributed by atoms with Gasteiger partial charge in [-0.15, -0.1) is 0 Å². The minimum Gasteiger partial charge on any atom is -0.361 e. The molecule has 0 fully saturated rings. The van der Waals surface area contributed by atoms with Gasteiger partial charge in [0.25, 0.3) is 0 Å². The Morgan fingerprint density at radius 2 is 2.17 bits per heavy atom. The van der Waals surface area contributed by atoms with E-state index in [-0.39, 0.29) is 0 Å². The van der Waals surface area contributed by atoms with Crippen molar-refractivity contribution in [3.63, 3.8) is 0 Å². The third kappa shape index (κ3) is 1.21. The molecule has 1 heterocycles. The van der Waals surface area contributed by atoms with Gasteiger partial charge in [0.15, 0.2) is 0 Å². The Kier molecular flexibility index (Phi) is 1.84. The largest absolute Gasteiger partial charge is 0.361 e. The van der Waals surface area contributed by atoms with Crippen LogP contribution in [0.2, 0.25) is 0 Å². The van der Waals surface area contributed by atoms with Crippen molar-refractivity contribution in [2.24, 2.45) is 5.73 Å². The lowest BCUT2D eigenvalue weighted by atomic mass is 10.1. The molecule has 3 N–H and O–H groups in total. The molecule has 0 amide bonds. The van der Waals surface area contributed by atoms with Gasteiger partial charge in [0.05, 0.1) is 0 Å². The smallest absolute Gasteiger partial charge is 0.0456 e. The molecule has 2 heteroatoms. The van der Waals surface area contributed by atoms with Crippen molar-refractivity contribution in [3.05, 3.63) is 36.0 Å². The highest BCUT2D eigenvalue weighted by Crippen LogP contribution is 2.13. The molecule has 0 unspecified atom stereocenters. The van der Waals surface area contributed by atoms with E-state index in [4.69, 9.17) is 5.73 Å². The first kappa shape index (κ1) is 7.37. The normalized spacial score (nSPS) is 10.8. The van der Waals surface area contributed by atoms with Gasteiger partial charge in [-0.2, -0.15) is 0 Å². The third-order valence-corrected chi connectivity index (χ3v) is 2.05. The summed E-state index contributed by atoms with van der Waals surface area (Å²) in [4.78, 5) is 3.18. The van der Waals surface area contributed by atoms with Crippen LogP contribution in [0.4, 0.5) is 0 Å². The maximum atomic E-state index is 5.47. The van der Waals surface area contributed by atoms with Crippen molar-refractivity contribution >= 4 is 10.9 Å². The van der Waals surface area contributed by atoms with E-state index in [2.05, 4.69) is 29.2 Å². The Morgan fingerprint density at radius 1 is 1.25 bits per heavy atom. The number of hydrogen-bond donors (Lipinski definition) is 2. The van der Waals surface area contributed by atoms with Gasteiger partial charge in [0.2, 0.25) is 0 Å². The Bertz CT molecular complexity index is 376. The Balaban J connectivity index is 2.46. The van der Waals surface area contributed by atoms with E-state index in [0.29, 0.717) is 6.54 Å². The maximum Gasteiger partial charge on any atom is 0.0456 e. The second-order valence-corrected chi connectivity index (χ2v) is 2.94. The van der Waals surface area contributed by atoms with Crippen LogP contribution in [0.3, 0.4) is 0 Å². The molecule has 0 aliphatic heterocycles. The third-order valence-electron chi connectivity index (χ3n) is 2.05. The lowest BCUT2D eigenvalue weighted by Gasteiger charge is -1.97. The molecule has 0 atom stereocenters. The summed E-state index contributed by atoms with van der Waals surface area (Å²) in [5, 5.41) is 1.26. The van der Waals surface area contributed by atoms with E-state index in [9.17, 15) is 0 Å². The maximum absolute atomic E-state index is 5.47. The van der Waals surface area contributed by atoms with Crippen molar-refractivity contribution in [3.8, 4) is 0 Å². The van der Waals surface area contributed by atoms with Crippen molar-refractivity contribution in [1.29, 1.82) is 0 Å². The van der Waals surface area contributed by atoms with Crippen LogP contribution in [0.15, 0.2) is 30.5 Å². The Morgan fingerprint density at radius 3 is 3.00 bits per heavy atom. The highest BCUT2D eigenvalue weighted by Gasteiger charge is 1.95. The molecule has 2 nitrogen and oxygen atoms in total. The molecule has 0 bridgehead atoms. The number of H-pyrrole nitrogens is 1. The standard InChI is InChI=1S/C10H12N2/c11-5-3-8-1-2-9-4-6-12-10(9)7-8/h1-2,4,6-7,12H,3,5,11H2. The predicted octanol–water partition coefficient (Wildman–Crippen LogP) is 1.67. The predicted molar refractivity (Wildman–Crippen MR) is 51.1 cm³/mol. The second kappa shape index (κ2) is 2.99. The fourth-order valence-electron chi connectivity index (χ4n) is 1.42. The summed E-state index contributed by atoms with van der Waals surface area (Å²) in [6.45, 7) is 0.714. The summed E-state index contributed by atoms with van der Waals surface area (Å²) in [6.07, 6.45) is 2.91. The van der Waals surface area contributed by atoms with Crippen LogP contribution in [0.5, 0.6) is 0 Å². The summed E-state index contributed by atoms with van der Waals surface area (Å²) >= 11 is 0. The summed E-state index contributed by atoms with van der Waals surface area (Å²) < 4.78 is 0. The first-order valence-corrected chi connectivity index (χ1v) is 4.16. The zero-order valence-corrected chi connectivity index (χ0v) is 6.88. The highest BCUT2D eigenvalue weighted by atomic mass is 14.7. The topological polar surface area (TPSA) is 41.8 Å². The molecule has 0 saturated heterocycles. The van der Waals surface area contributed by atoms with Gasteiger partial charge in [-0.3, -0.25) is 0 Å². The van der Waals surface area contributed by atoms with Crippen LogP contribution in [0, 0.1) is 0 Å². The average molecular weight is 160 g/mol. The van der Waals surface area contributed by atoms with Crippen molar-refractivity contribution < 1.29 is 0 Å². The molecule has 2 aromatic rings. The van der Waals surface area contributed by atoms with E-state index in [0.717, 1.165) is 6.42 Å². The molecule has 1 aromatic heterocycles. The molecule has 0 spiro atoms. The van der Waals surface area contributed by atoms with Gasteiger partial charge in [-0.25, -0.2) is 0 Å². The highest BCUT2D eigenvalue weighted by molar-refractivity contribution is 5.79. The molecule has 0 saturated carbocycles. The molecular weight excluding hydrogens is 148 g/mol. The van der Waals surface area contributed by atoms with E-state index < -0.39 is 0 Å². The molecule has 0 radical (unpaired) electrons. The minimum absolute atomic E-state index is 0.714. The average Bonchev–Trinajstić information content (AvgIpc) is 2.51. The molecule has 2 rings (SSSR count). The monoisotopic (exact) mass is 160 g/mol. The molecule has 1 aromatic carbocycles. The Labute approximate surface area is 71.4 Å². The SMILES string of the molecule is NCCc1ccc2cc[nH]c2c1. The number of rotatable bonds is 2. The summed E-state index contributed by atoms with van der Waals surface area (Å²) in [5.41, 5.74) is 7.96. The van der Waals surface area contributed by atoms with Crippen LogP contribution in [0.1, 0.15) is 5.56 Å². The zero-order chi connectivity index (χ0) is 8.39. The summed E-state index contributed by atoms with van der Waals surface area (Å²) in [7, 11) is 0. The number of nitrogens with one attached hydrogen (secondary N) is 1. The van der Waals surface area contributed by atoms with Crippen molar-refractivity contribution in [2.75, 3.05) is 6.54 Å². The molecule has 0 aliphatic carbocycles. The molecule has 12 heavy (non-hydrogen) atoms. The van der Waals surface area contributed by atoms with E-state index in [1.807, 2.05) is 6.20 Å². The number of fused-ring (bicyclic) bond motifs is 1. The van der Waals surface area contributed by atoms with Gasteiger partial charge in [0, 0.05) is 11.7 Å². The number of aromatic amines is 1. The van der Waals surface area contributed by atoms with Crippen LogP contribution < -0.4 is 5.73 Å². The van der Waals surface area contributed by atoms with Gasteiger partial charge in [0.1, 0.15) is 0 Å². The summed E-state index contributed by atoms with van der Waals surface area (Å²) in [5.74, 6) is 0. The van der Waals surface area contributed by atoms with Gasteiger partial charge in [-0.1, -0.05) is 12.1 Å². The van der Waals surface area contributed by atoms with E-state index >= 15 is 0 Å². The van der Waals surface area contributed by atoms with Gasteiger partial charge in [-0.05, 0) is 36.0 Å². The lowest BCUT2D eigenvalue weighted by Crippen LogP contribution is -2.02. The Hall–Kier alpha value is -1.28. The summed E-state index contributed by atoms with van der Waals surface area (Å²) in [6, 6.07) is 8.48. The van der Waals surface area contributed by atoms with Gasteiger partial charge < -0.3 is 10.7 Å². The van der Waals surface area contributed by atoms with E-state index in [1.54, 1.807) is 0 Å². The van der Waals surface area contributed by atoms with E-state index in [1.165, 1.54) is 16.5 Å². The van der Waals surface area contributed by atoms with Crippen LogP contribution >= 0.6 is 0 Å². The van der Waals surface area contributed by atoms with Crippen molar-refractivity contribution in [1.82, 2.24) is 4.98 Å². The quantitative estimate of drug-likeness (QED) is 0.689. The van der Waals surface area contributed by atoms with Gasteiger partial charge >= 0.3 is 0 Å². The first-order valence-electron chi connectivity index (χ1n) is 4.16.